The number of rotatable bonds is 5. The number of carbonyl (C=O) groups excluding carboxylic acids is 2. The van der Waals surface area contributed by atoms with Crippen LogP contribution in [0.3, 0.4) is 0 Å². The molecule has 1 heterocycles. The van der Waals surface area contributed by atoms with E-state index in [1.165, 1.54) is 0 Å². The molecular formula is C16H22N2O2S. The van der Waals surface area contributed by atoms with Crippen LogP contribution in [0.15, 0.2) is 24.3 Å². The van der Waals surface area contributed by atoms with Gasteiger partial charge < -0.3 is 10.2 Å². The SMILES string of the molecule is CCC(C)C1NC(=O)c2ccccc2N(CCSC)C1=O. The third kappa shape index (κ3) is 3.23. The minimum atomic E-state index is -0.447. The van der Waals surface area contributed by atoms with E-state index in [-0.39, 0.29) is 17.7 Å². The Morgan fingerprint density at radius 3 is 2.71 bits per heavy atom. The minimum absolute atomic E-state index is 0.00306. The number of hydrogen-bond acceptors (Lipinski definition) is 3. The van der Waals surface area contributed by atoms with Crippen LogP contribution in [-0.2, 0) is 4.79 Å². The zero-order valence-corrected chi connectivity index (χ0v) is 13.6. The first-order valence-corrected chi connectivity index (χ1v) is 8.69. The van der Waals surface area contributed by atoms with Crippen molar-refractivity contribution in [2.24, 2.45) is 5.92 Å². The molecule has 5 heteroatoms. The Hall–Kier alpha value is -1.49. The van der Waals surface area contributed by atoms with E-state index in [0.29, 0.717) is 12.1 Å². The number of benzene rings is 1. The van der Waals surface area contributed by atoms with Crippen molar-refractivity contribution in [3.05, 3.63) is 29.8 Å². The molecule has 0 aromatic heterocycles. The van der Waals surface area contributed by atoms with Gasteiger partial charge in [-0.25, -0.2) is 0 Å². The molecule has 0 bridgehead atoms. The highest BCUT2D eigenvalue weighted by atomic mass is 32.2. The number of para-hydroxylation sites is 1. The van der Waals surface area contributed by atoms with E-state index in [0.717, 1.165) is 17.9 Å². The van der Waals surface area contributed by atoms with Crippen LogP contribution in [0, 0.1) is 5.92 Å². The van der Waals surface area contributed by atoms with E-state index in [1.807, 2.05) is 38.3 Å². The molecule has 0 fully saturated rings. The smallest absolute Gasteiger partial charge is 0.254 e. The molecule has 21 heavy (non-hydrogen) atoms. The summed E-state index contributed by atoms with van der Waals surface area (Å²) in [6.07, 6.45) is 2.87. The van der Waals surface area contributed by atoms with Gasteiger partial charge in [-0.1, -0.05) is 32.4 Å². The van der Waals surface area contributed by atoms with Crippen LogP contribution >= 0.6 is 11.8 Å². The number of thioether (sulfide) groups is 1. The maximum atomic E-state index is 12.9. The molecule has 0 saturated carbocycles. The molecular weight excluding hydrogens is 284 g/mol. The van der Waals surface area contributed by atoms with Crippen molar-refractivity contribution < 1.29 is 9.59 Å². The predicted molar refractivity (Wildman–Crippen MR) is 87.9 cm³/mol. The van der Waals surface area contributed by atoms with Crippen LogP contribution in [-0.4, -0.2) is 36.4 Å². The summed E-state index contributed by atoms with van der Waals surface area (Å²) in [7, 11) is 0. The fourth-order valence-corrected chi connectivity index (χ4v) is 2.87. The van der Waals surface area contributed by atoms with Crippen LogP contribution in [0.2, 0.25) is 0 Å². The summed E-state index contributed by atoms with van der Waals surface area (Å²) in [4.78, 5) is 27.0. The molecule has 114 valence electrons. The van der Waals surface area contributed by atoms with Gasteiger partial charge in [0.15, 0.2) is 0 Å². The second-order valence-corrected chi connectivity index (χ2v) is 6.32. The number of nitrogens with one attached hydrogen (secondary N) is 1. The van der Waals surface area contributed by atoms with Crippen molar-refractivity contribution in [1.29, 1.82) is 0 Å². The van der Waals surface area contributed by atoms with Crippen LogP contribution < -0.4 is 10.2 Å². The third-order valence-corrected chi connectivity index (χ3v) is 4.58. The highest BCUT2D eigenvalue weighted by Gasteiger charge is 2.35. The Labute approximate surface area is 130 Å². The summed E-state index contributed by atoms with van der Waals surface area (Å²) < 4.78 is 0. The first-order valence-electron chi connectivity index (χ1n) is 7.30. The second-order valence-electron chi connectivity index (χ2n) is 5.34. The zero-order valence-electron chi connectivity index (χ0n) is 12.8. The Balaban J connectivity index is 2.43. The predicted octanol–water partition coefficient (Wildman–Crippen LogP) is 2.54. The van der Waals surface area contributed by atoms with Gasteiger partial charge in [-0.05, 0) is 24.3 Å². The van der Waals surface area contributed by atoms with Gasteiger partial charge in [-0.3, -0.25) is 9.59 Å². The summed E-state index contributed by atoms with van der Waals surface area (Å²) >= 11 is 1.70. The van der Waals surface area contributed by atoms with Crippen molar-refractivity contribution in [1.82, 2.24) is 5.32 Å². The lowest BCUT2D eigenvalue weighted by molar-refractivity contribution is -0.121. The van der Waals surface area contributed by atoms with Crippen LogP contribution in [0.25, 0.3) is 0 Å². The Morgan fingerprint density at radius 1 is 1.33 bits per heavy atom. The van der Waals surface area contributed by atoms with Gasteiger partial charge in [0, 0.05) is 12.3 Å². The second kappa shape index (κ2) is 6.98. The maximum absolute atomic E-state index is 12.9. The maximum Gasteiger partial charge on any atom is 0.254 e. The lowest BCUT2D eigenvalue weighted by Gasteiger charge is -2.27. The molecule has 2 unspecified atom stereocenters. The summed E-state index contributed by atoms with van der Waals surface area (Å²) in [5, 5.41) is 2.90. The largest absolute Gasteiger partial charge is 0.340 e. The molecule has 1 aromatic rings. The van der Waals surface area contributed by atoms with Crippen LogP contribution in [0.5, 0.6) is 0 Å². The third-order valence-electron chi connectivity index (χ3n) is 3.99. The van der Waals surface area contributed by atoms with Crippen molar-refractivity contribution in [2.45, 2.75) is 26.3 Å². The fourth-order valence-electron chi connectivity index (χ4n) is 2.50. The van der Waals surface area contributed by atoms with Crippen molar-refractivity contribution in [2.75, 3.05) is 23.5 Å². The molecule has 4 nitrogen and oxygen atoms in total. The van der Waals surface area contributed by atoms with E-state index in [2.05, 4.69) is 5.32 Å². The van der Waals surface area contributed by atoms with Gasteiger partial charge in [-0.2, -0.15) is 11.8 Å². The molecule has 1 aliphatic heterocycles. The first kappa shape index (κ1) is 15.9. The number of amides is 2. The molecule has 1 aromatic carbocycles. The number of fused-ring (bicyclic) bond motifs is 1. The quantitative estimate of drug-likeness (QED) is 0.909. The Bertz CT molecular complexity index is 533. The van der Waals surface area contributed by atoms with Gasteiger partial charge in [0.05, 0.1) is 11.3 Å². The summed E-state index contributed by atoms with van der Waals surface area (Å²) in [6, 6.07) is 6.89. The van der Waals surface area contributed by atoms with E-state index >= 15 is 0 Å². The fraction of sp³-hybridized carbons (Fsp3) is 0.500. The van der Waals surface area contributed by atoms with Gasteiger partial charge >= 0.3 is 0 Å². The average molecular weight is 306 g/mol. The average Bonchev–Trinajstić information content (AvgIpc) is 2.61. The highest BCUT2D eigenvalue weighted by molar-refractivity contribution is 7.98. The number of nitrogens with zero attached hydrogens (tertiary/aromatic N) is 1. The summed E-state index contributed by atoms with van der Waals surface area (Å²) in [6.45, 7) is 4.67. The minimum Gasteiger partial charge on any atom is -0.340 e. The molecule has 0 aliphatic carbocycles. The Kier molecular flexibility index (Phi) is 5.28. The molecule has 0 spiro atoms. The normalized spacial score (nSPS) is 19.8. The molecule has 0 radical (unpaired) electrons. The zero-order chi connectivity index (χ0) is 15.4. The lowest BCUT2D eigenvalue weighted by atomic mass is 9.98. The monoisotopic (exact) mass is 306 g/mol. The van der Waals surface area contributed by atoms with Gasteiger partial charge in [0.25, 0.3) is 5.91 Å². The summed E-state index contributed by atoms with van der Waals surface area (Å²) in [5.41, 5.74) is 1.30. The molecule has 1 N–H and O–H groups in total. The Morgan fingerprint density at radius 2 is 2.05 bits per heavy atom. The molecule has 2 amide bonds. The van der Waals surface area contributed by atoms with Gasteiger partial charge in [-0.15, -0.1) is 0 Å². The summed E-state index contributed by atoms with van der Waals surface area (Å²) in [5.74, 6) is 0.807. The number of hydrogen-bond donors (Lipinski definition) is 1. The molecule has 1 aliphatic rings. The van der Waals surface area contributed by atoms with E-state index in [4.69, 9.17) is 0 Å². The molecule has 2 atom stereocenters. The molecule has 0 saturated heterocycles. The number of carbonyl (C=O) groups is 2. The van der Waals surface area contributed by atoms with Crippen LogP contribution in [0.4, 0.5) is 5.69 Å². The lowest BCUT2D eigenvalue weighted by Crippen LogP contribution is -2.49. The van der Waals surface area contributed by atoms with Crippen molar-refractivity contribution in [3.8, 4) is 0 Å². The topological polar surface area (TPSA) is 49.4 Å². The van der Waals surface area contributed by atoms with Crippen LogP contribution in [0.1, 0.15) is 30.6 Å². The van der Waals surface area contributed by atoms with E-state index in [9.17, 15) is 9.59 Å². The van der Waals surface area contributed by atoms with E-state index in [1.54, 1.807) is 22.7 Å². The van der Waals surface area contributed by atoms with E-state index < -0.39 is 6.04 Å². The standard InChI is InChI=1S/C16H22N2O2S/c1-4-11(2)14-16(20)18(9-10-21-3)13-8-6-5-7-12(13)15(19)17-14/h5-8,11,14H,4,9-10H2,1-3H3,(H,17,19). The number of anilines is 1. The van der Waals surface area contributed by atoms with Crippen molar-refractivity contribution >= 4 is 29.3 Å². The molecule has 2 rings (SSSR count). The first-order chi connectivity index (χ1) is 10.1. The highest BCUT2D eigenvalue weighted by Crippen LogP contribution is 2.26. The van der Waals surface area contributed by atoms with Crippen molar-refractivity contribution in [3.63, 3.8) is 0 Å². The van der Waals surface area contributed by atoms with Gasteiger partial charge in [0.2, 0.25) is 5.91 Å². The van der Waals surface area contributed by atoms with Gasteiger partial charge in [0.1, 0.15) is 6.04 Å².